The largest absolute Gasteiger partial charge is 0.395 e. The summed E-state index contributed by atoms with van der Waals surface area (Å²) >= 11 is 0. The van der Waals surface area contributed by atoms with Gasteiger partial charge in [0.1, 0.15) is 5.72 Å². The zero-order valence-electron chi connectivity index (χ0n) is 6.77. The summed E-state index contributed by atoms with van der Waals surface area (Å²) in [7, 11) is 1.52. The van der Waals surface area contributed by atoms with Crippen LogP contribution in [0.1, 0.15) is 0 Å². The van der Waals surface area contributed by atoms with Gasteiger partial charge in [-0.2, -0.15) is 10.2 Å². The zero-order chi connectivity index (χ0) is 9.71. The molecule has 0 fully saturated rings. The van der Waals surface area contributed by atoms with Crippen LogP contribution in [0.3, 0.4) is 0 Å². The highest BCUT2D eigenvalue weighted by molar-refractivity contribution is 6.55. The number of fused-ring (bicyclic) bond motifs is 2. The lowest BCUT2D eigenvalue weighted by molar-refractivity contribution is 1.11. The van der Waals surface area contributed by atoms with E-state index in [4.69, 9.17) is 5.26 Å². The number of nitriles is 1. The highest BCUT2D eigenvalue weighted by atomic mass is 16.1. The van der Waals surface area contributed by atoms with Crippen molar-refractivity contribution in [1.29, 1.82) is 5.26 Å². The molecule has 2 aromatic rings. The molecule has 3 rings (SSSR count). The van der Waals surface area contributed by atoms with Crippen LogP contribution in [0.2, 0.25) is 0 Å². The lowest BCUT2D eigenvalue weighted by Gasteiger charge is -2.04. The summed E-state index contributed by atoms with van der Waals surface area (Å²) in [5.74, 6) is 0.338. The van der Waals surface area contributed by atoms with E-state index in [1.807, 2.05) is 6.19 Å². The van der Waals surface area contributed by atoms with Gasteiger partial charge in [-0.15, -0.1) is 0 Å². The molecule has 1 aliphatic rings. The summed E-state index contributed by atoms with van der Waals surface area (Å²) < 4.78 is 1.14. The van der Waals surface area contributed by atoms with E-state index in [1.165, 1.54) is 7.41 Å². The second-order valence-corrected chi connectivity index (χ2v) is 2.78. The lowest BCUT2D eigenvalue weighted by atomic mass is 9.94. The SMILES string of the molecule is N#Cn1c2nc3nc([nH]c(=O)c31)N[B]2. The minimum absolute atomic E-state index is 0.184. The molecule has 1 radical (unpaired) electrons. The van der Waals surface area contributed by atoms with Crippen LogP contribution in [0.25, 0.3) is 11.2 Å². The molecule has 1 aliphatic heterocycles. The molecule has 0 amide bonds. The second kappa shape index (κ2) is 2.14. The molecule has 3 heterocycles. The van der Waals surface area contributed by atoms with E-state index in [0.29, 0.717) is 11.7 Å². The molecule has 2 aromatic heterocycles. The molecule has 0 aliphatic carbocycles. The van der Waals surface area contributed by atoms with Crippen molar-refractivity contribution in [2.75, 3.05) is 5.23 Å². The number of nitrogens with zero attached hydrogens (tertiary/aromatic N) is 4. The number of nitrogens with one attached hydrogen (secondary N) is 2. The van der Waals surface area contributed by atoms with Crippen LogP contribution in [0, 0.1) is 11.5 Å². The van der Waals surface area contributed by atoms with Crippen molar-refractivity contribution >= 4 is 30.3 Å². The quantitative estimate of drug-likeness (QED) is 0.467. The second-order valence-electron chi connectivity index (χ2n) is 2.78. The van der Waals surface area contributed by atoms with Crippen LogP contribution in [0.4, 0.5) is 5.95 Å². The van der Waals surface area contributed by atoms with Crippen molar-refractivity contribution < 1.29 is 0 Å². The van der Waals surface area contributed by atoms with Gasteiger partial charge in [0.2, 0.25) is 0 Å². The molecule has 0 atom stereocenters. The Kier molecular flexibility index (Phi) is 1.09. The van der Waals surface area contributed by atoms with Crippen molar-refractivity contribution in [3.63, 3.8) is 0 Å². The third kappa shape index (κ3) is 0.688. The third-order valence-electron chi connectivity index (χ3n) is 1.99. The molecule has 3 bridgehead atoms. The van der Waals surface area contributed by atoms with E-state index >= 15 is 0 Å². The van der Waals surface area contributed by atoms with Gasteiger partial charge in [-0.1, -0.05) is 0 Å². The smallest absolute Gasteiger partial charge is 0.334 e. The highest BCUT2D eigenvalue weighted by Crippen LogP contribution is 2.07. The summed E-state index contributed by atoms with van der Waals surface area (Å²) in [4.78, 5) is 21.9. The summed E-state index contributed by atoms with van der Waals surface area (Å²) in [6.07, 6.45) is 1.86. The summed E-state index contributed by atoms with van der Waals surface area (Å²) in [5, 5.41) is 11.6. The predicted octanol–water partition coefficient (Wildman–Crippen LogP) is -1.88. The average molecular weight is 185 g/mol. The van der Waals surface area contributed by atoms with Gasteiger partial charge in [0.05, 0.1) is 0 Å². The van der Waals surface area contributed by atoms with Gasteiger partial charge in [-0.25, -0.2) is 9.55 Å². The van der Waals surface area contributed by atoms with Crippen LogP contribution in [-0.2, 0) is 0 Å². The Labute approximate surface area is 77.7 Å². The minimum Gasteiger partial charge on any atom is -0.395 e. The Morgan fingerprint density at radius 2 is 2.36 bits per heavy atom. The van der Waals surface area contributed by atoms with Gasteiger partial charge in [0.25, 0.3) is 5.56 Å². The van der Waals surface area contributed by atoms with Crippen LogP contribution >= 0.6 is 0 Å². The molecule has 0 saturated heterocycles. The maximum atomic E-state index is 11.5. The summed E-state index contributed by atoms with van der Waals surface area (Å²) in [5.41, 5.74) is 0.475. The molecule has 65 valence electrons. The first-order valence-electron chi connectivity index (χ1n) is 3.82. The first kappa shape index (κ1) is 7.14. The molecule has 0 unspecified atom stereocenters. The first-order chi connectivity index (χ1) is 6.79. The first-order valence-corrected chi connectivity index (χ1v) is 3.82. The minimum atomic E-state index is -0.370. The Balaban J connectivity index is 2.66. The molecule has 0 aromatic carbocycles. The molecule has 7 nitrogen and oxygen atoms in total. The summed E-state index contributed by atoms with van der Waals surface area (Å²) in [6.45, 7) is 0. The number of rotatable bonds is 0. The van der Waals surface area contributed by atoms with Gasteiger partial charge in [-0.05, 0) is 0 Å². The van der Waals surface area contributed by atoms with Gasteiger partial charge < -0.3 is 5.23 Å². The molecule has 0 saturated carbocycles. The van der Waals surface area contributed by atoms with Crippen LogP contribution < -0.4 is 16.5 Å². The Morgan fingerprint density at radius 1 is 1.50 bits per heavy atom. The van der Waals surface area contributed by atoms with Crippen molar-refractivity contribution in [2.45, 2.75) is 0 Å². The Hall–Kier alpha value is -2.30. The van der Waals surface area contributed by atoms with E-state index in [-0.39, 0.29) is 16.7 Å². The van der Waals surface area contributed by atoms with E-state index in [9.17, 15) is 4.79 Å². The number of imidazole rings is 1. The highest BCUT2D eigenvalue weighted by Gasteiger charge is 2.20. The van der Waals surface area contributed by atoms with Crippen molar-refractivity contribution in [2.24, 2.45) is 0 Å². The molecular weight excluding hydrogens is 183 g/mol. The van der Waals surface area contributed by atoms with Gasteiger partial charge in [0.15, 0.2) is 23.3 Å². The molecule has 0 spiro atoms. The fourth-order valence-electron chi connectivity index (χ4n) is 1.41. The van der Waals surface area contributed by atoms with Crippen molar-refractivity contribution in [3.05, 3.63) is 10.4 Å². The van der Waals surface area contributed by atoms with E-state index in [0.717, 1.165) is 4.57 Å². The zero-order valence-corrected chi connectivity index (χ0v) is 6.77. The monoisotopic (exact) mass is 185 g/mol. The number of hydrogen-bond donors (Lipinski definition) is 2. The Morgan fingerprint density at radius 3 is 3.14 bits per heavy atom. The molecular formula is C6H2BN6O. The van der Waals surface area contributed by atoms with Crippen LogP contribution in [0.5, 0.6) is 0 Å². The van der Waals surface area contributed by atoms with Crippen molar-refractivity contribution in [3.8, 4) is 6.19 Å². The number of H-pyrrole nitrogens is 1. The number of hydrogen-bond acceptors (Lipinski definition) is 5. The maximum absolute atomic E-state index is 11.5. The topological polar surface area (TPSA) is 99.4 Å². The molecule has 2 N–H and O–H groups in total. The van der Waals surface area contributed by atoms with E-state index in [1.54, 1.807) is 0 Å². The number of aromatic nitrogens is 4. The van der Waals surface area contributed by atoms with E-state index < -0.39 is 0 Å². The fourth-order valence-corrected chi connectivity index (χ4v) is 1.41. The van der Waals surface area contributed by atoms with Crippen molar-refractivity contribution in [1.82, 2.24) is 19.5 Å². The third-order valence-corrected chi connectivity index (χ3v) is 1.99. The molecule has 14 heavy (non-hydrogen) atoms. The number of aromatic amines is 1. The molecule has 8 heteroatoms. The van der Waals surface area contributed by atoms with Gasteiger partial charge in [-0.3, -0.25) is 9.78 Å². The van der Waals surface area contributed by atoms with E-state index in [2.05, 4.69) is 20.2 Å². The normalized spacial score (nSPS) is 12.2. The summed E-state index contributed by atoms with van der Waals surface area (Å²) in [6, 6.07) is 0. The predicted molar refractivity (Wildman–Crippen MR) is 48.2 cm³/mol. The average Bonchev–Trinajstić information content (AvgIpc) is 2.41. The lowest BCUT2D eigenvalue weighted by Crippen LogP contribution is -2.33. The fraction of sp³-hybridized carbons (Fsp3) is 0. The maximum Gasteiger partial charge on any atom is 0.334 e. The Bertz CT molecular complexity index is 634. The van der Waals surface area contributed by atoms with Crippen LogP contribution in [-0.4, -0.2) is 26.9 Å². The van der Waals surface area contributed by atoms with Gasteiger partial charge in [0, 0.05) is 0 Å². The number of anilines is 1. The van der Waals surface area contributed by atoms with Crippen LogP contribution in [0.15, 0.2) is 4.79 Å². The van der Waals surface area contributed by atoms with Gasteiger partial charge >= 0.3 is 7.41 Å². The standard InChI is InChI=1S/C6H2BN6O/c8-1-13-2-3-9-5(13)7-12-6(10-3)11-4(2)14/h(H2,10,11,12,14).